The summed E-state index contributed by atoms with van der Waals surface area (Å²) >= 11 is 0. The minimum atomic E-state index is -0.599. The molecule has 0 aliphatic carbocycles. The highest BCUT2D eigenvalue weighted by Gasteiger charge is 2.23. The third kappa shape index (κ3) is 7.94. The molecule has 43 heavy (non-hydrogen) atoms. The van der Waals surface area contributed by atoms with Gasteiger partial charge in [-0.1, -0.05) is 86.6 Å². The smallest absolute Gasteiger partial charge is 0.339 e. The number of rotatable bonds is 12. The van der Waals surface area contributed by atoms with Crippen LogP contribution in [0.5, 0.6) is 0 Å². The van der Waals surface area contributed by atoms with E-state index in [0.29, 0.717) is 23.5 Å². The molecule has 222 valence electrons. The Morgan fingerprint density at radius 3 is 2.30 bits per heavy atom. The first-order chi connectivity index (χ1) is 20.6. The van der Waals surface area contributed by atoms with Crippen LogP contribution in [0.4, 0.5) is 0 Å². The first-order valence-electron chi connectivity index (χ1n) is 13.8. The lowest BCUT2D eigenvalue weighted by atomic mass is 9.98. The largest absolute Gasteiger partial charge is 0.457 e. The summed E-state index contributed by atoms with van der Waals surface area (Å²) in [5.74, 6) is -1.36. The van der Waals surface area contributed by atoms with Gasteiger partial charge in [0.2, 0.25) is 6.79 Å². The Hall–Kier alpha value is -5.25. The summed E-state index contributed by atoms with van der Waals surface area (Å²) in [7, 11) is 1.85. The molecule has 0 saturated heterocycles. The lowest BCUT2D eigenvalue weighted by Gasteiger charge is -2.12. The number of hydrogen-bond donors (Lipinski definition) is 2. The topological polar surface area (TPSA) is 147 Å². The van der Waals surface area contributed by atoms with Gasteiger partial charge in [0.1, 0.15) is 18.3 Å². The molecule has 0 aliphatic heterocycles. The summed E-state index contributed by atoms with van der Waals surface area (Å²) in [5.41, 5.74) is 9.90. The van der Waals surface area contributed by atoms with Crippen molar-refractivity contribution >= 4 is 23.7 Å². The van der Waals surface area contributed by atoms with Gasteiger partial charge in [-0.3, -0.25) is 15.0 Å². The maximum Gasteiger partial charge on any atom is 0.339 e. The molecule has 3 aromatic carbocycles. The SMILES string of the molecule is CC(C)C(=O)OCOC(=O)CCc1ccc(-c2nc(-c3cccc(C(=N)N)c3C(=O)OCc3ccccc3)cn2C)cc1. The molecule has 0 atom stereocenters. The molecule has 3 N–H and O–H groups in total. The van der Waals surface area contributed by atoms with Gasteiger partial charge >= 0.3 is 17.9 Å². The molecular weight excluding hydrogens is 548 g/mol. The molecule has 1 heterocycles. The molecule has 0 radical (unpaired) electrons. The van der Waals surface area contributed by atoms with Crippen molar-refractivity contribution in [2.75, 3.05) is 6.79 Å². The van der Waals surface area contributed by atoms with Crippen LogP contribution in [0, 0.1) is 11.3 Å². The van der Waals surface area contributed by atoms with Crippen LogP contribution in [-0.2, 0) is 43.9 Å². The quantitative estimate of drug-likeness (QED) is 0.102. The Morgan fingerprint density at radius 2 is 1.63 bits per heavy atom. The zero-order valence-corrected chi connectivity index (χ0v) is 24.3. The number of esters is 3. The molecule has 0 bridgehead atoms. The predicted molar refractivity (Wildman–Crippen MR) is 161 cm³/mol. The summed E-state index contributed by atoms with van der Waals surface area (Å²) in [6.45, 7) is 3.09. The van der Waals surface area contributed by atoms with Crippen LogP contribution in [0.3, 0.4) is 0 Å². The maximum absolute atomic E-state index is 13.3. The lowest BCUT2D eigenvalue weighted by molar-refractivity contribution is -0.169. The molecule has 1 aromatic heterocycles. The van der Waals surface area contributed by atoms with Crippen molar-refractivity contribution < 1.29 is 28.6 Å². The van der Waals surface area contributed by atoms with E-state index >= 15 is 0 Å². The van der Waals surface area contributed by atoms with Crippen molar-refractivity contribution in [3.63, 3.8) is 0 Å². The highest BCUT2D eigenvalue weighted by atomic mass is 16.7. The fourth-order valence-electron chi connectivity index (χ4n) is 4.33. The summed E-state index contributed by atoms with van der Waals surface area (Å²) in [5, 5.41) is 8.05. The average Bonchev–Trinajstić information content (AvgIpc) is 3.40. The third-order valence-corrected chi connectivity index (χ3v) is 6.65. The Labute approximate surface area is 249 Å². The number of nitrogens with one attached hydrogen (secondary N) is 1. The van der Waals surface area contributed by atoms with Crippen molar-refractivity contribution in [1.29, 1.82) is 5.41 Å². The minimum Gasteiger partial charge on any atom is -0.457 e. The summed E-state index contributed by atoms with van der Waals surface area (Å²) in [4.78, 5) is 41.6. The molecule has 0 aliphatic rings. The van der Waals surface area contributed by atoms with E-state index in [1.165, 1.54) is 0 Å². The van der Waals surface area contributed by atoms with Crippen LogP contribution in [0.15, 0.2) is 79.0 Å². The predicted octanol–water partition coefficient (Wildman–Crippen LogP) is 5.03. The number of imidazole rings is 1. The fraction of sp³-hybridized carbons (Fsp3) is 0.242. The number of hydrogen-bond acceptors (Lipinski definition) is 8. The van der Waals surface area contributed by atoms with Crippen molar-refractivity contribution in [2.45, 2.75) is 33.3 Å². The Balaban J connectivity index is 1.48. The van der Waals surface area contributed by atoms with Gasteiger partial charge in [0.25, 0.3) is 0 Å². The van der Waals surface area contributed by atoms with E-state index < -0.39 is 24.7 Å². The number of carbonyl (C=O) groups is 3. The van der Waals surface area contributed by atoms with Crippen molar-refractivity contribution in [3.8, 4) is 22.6 Å². The van der Waals surface area contributed by atoms with Gasteiger partial charge < -0.3 is 24.5 Å². The maximum atomic E-state index is 13.3. The Morgan fingerprint density at radius 1 is 0.907 bits per heavy atom. The number of benzene rings is 3. The number of carbonyl (C=O) groups excluding carboxylic acids is 3. The molecule has 4 aromatic rings. The first kappa shape index (κ1) is 30.7. The number of aryl methyl sites for hydroxylation is 2. The average molecular weight is 583 g/mol. The lowest BCUT2D eigenvalue weighted by Crippen LogP contribution is -2.18. The second-order valence-corrected chi connectivity index (χ2v) is 10.2. The van der Waals surface area contributed by atoms with E-state index in [1.807, 2.05) is 66.2 Å². The standard InChI is InChI=1S/C33H34N4O6/c1-21(2)32(39)43-20-42-28(38)17-14-22-12-15-24(16-13-22)31-36-27(18-37(31)3)25-10-7-11-26(30(34)35)29(25)33(40)41-19-23-8-5-4-6-9-23/h4-13,15-16,18,21H,14,17,19-20H2,1-3H3,(H3,34,35). The molecule has 0 unspecified atom stereocenters. The summed E-state index contributed by atoms with van der Waals surface area (Å²) < 4.78 is 17.3. The summed E-state index contributed by atoms with van der Waals surface area (Å²) in [6.07, 6.45) is 2.40. The fourth-order valence-corrected chi connectivity index (χ4v) is 4.33. The van der Waals surface area contributed by atoms with E-state index in [2.05, 4.69) is 0 Å². The number of ether oxygens (including phenoxy) is 3. The molecular formula is C33H34N4O6. The number of nitrogens with zero attached hydrogens (tertiary/aromatic N) is 2. The van der Waals surface area contributed by atoms with E-state index in [1.54, 1.807) is 38.2 Å². The van der Waals surface area contributed by atoms with Crippen molar-refractivity contribution in [1.82, 2.24) is 9.55 Å². The van der Waals surface area contributed by atoms with Crippen LogP contribution in [0.2, 0.25) is 0 Å². The molecule has 0 spiro atoms. The van der Waals surface area contributed by atoms with Gasteiger partial charge in [0.15, 0.2) is 0 Å². The van der Waals surface area contributed by atoms with Crippen LogP contribution < -0.4 is 5.73 Å². The van der Waals surface area contributed by atoms with Crippen LogP contribution >= 0.6 is 0 Å². The molecule has 0 amide bonds. The molecule has 0 saturated carbocycles. The molecule has 4 rings (SSSR count). The van der Waals surface area contributed by atoms with Gasteiger partial charge in [0.05, 0.1) is 17.2 Å². The highest BCUT2D eigenvalue weighted by molar-refractivity contribution is 6.09. The van der Waals surface area contributed by atoms with Gasteiger partial charge in [-0.25, -0.2) is 9.78 Å². The molecule has 10 nitrogen and oxygen atoms in total. The third-order valence-electron chi connectivity index (χ3n) is 6.65. The van der Waals surface area contributed by atoms with Crippen molar-refractivity contribution in [2.24, 2.45) is 18.7 Å². The highest BCUT2D eigenvalue weighted by Crippen LogP contribution is 2.30. The molecule has 0 fully saturated rings. The monoisotopic (exact) mass is 582 g/mol. The van der Waals surface area contributed by atoms with Crippen molar-refractivity contribution in [3.05, 3.63) is 101 Å². The van der Waals surface area contributed by atoms with Gasteiger partial charge in [0, 0.05) is 36.4 Å². The molecule has 10 heteroatoms. The second kappa shape index (κ2) is 14.1. The zero-order valence-electron chi connectivity index (χ0n) is 24.3. The number of nitrogens with two attached hydrogens (primary N) is 1. The van der Waals surface area contributed by atoms with Crippen LogP contribution in [0.1, 0.15) is 47.3 Å². The van der Waals surface area contributed by atoms with Crippen LogP contribution in [-0.4, -0.2) is 40.1 Å². The number of amidine groups is 1. The van der Waals surface area contributed by atoms with Gasteiger partial charge in [-0.2, -0.15) is 0 Å². The van der Waals surface area contributed by atoms with E-state index in [9.17, 15) is 14.4 Å². The Bertz CT molecular complexity index is 1610. The zero-order chi connectivity index (χ0) is 30.9. The first-order valence-corrected chi connectivity index (χ1v) is 13.8. The second-order valence-electron chi connectivity index (χ2n) is 10.2. The number of aromatic nitrogens is 2. The van der Waals surface area contributed by atoms with E-state index in [4.69, 9.17) is 30.3 Å². The number of nitrogen functional groups attached to an aromatic ring is 1. The van der Waals surface area contributed by atoms with E-state index in [-0.39, 0.29) is 35.9 Å². The van der Waals surface area contributed by atoms with E-state index in [0.717, 1.165) is 16.7 Å². The normalized spacial score (nSPS) is 10.8. The van der Waals surface area contributed by atoms with Crippen LogP contribution in [0.25, 0.3) is 22.6 Å². The van der Waals surface area contributed by atoms with Gasteiger partial charge in [-0.15, -0.1) is 0 Å². The summed E-state index contributed by atoms with van der Waals surface area (Å²) in [6, 6.07) is 22.0. The Kier molecular flexibility index (Phi) is 10.1. The minimum absolute atomic E-state index is 0.0779. The van der Waals surface area contributed by atoms with Gasteiger partial charge in [-0.05, 0) is 17.5 Å².